The van der Waals surface area contributed by atoms with Gasteiger partial charge in [-0.25, -0.2) is 4.79 Å². The molecule has 0 spiro atoms. The van der Waals surface area contributed by atoms with Crippen LogP contribution in [0, 0.1) is 0 Å². The van der Waals surface area contributed by atoms with Gasteiger partial charge in [0.05, 0.1) is 15.6 Å². The van der Waals surface area contributed by atoms with Gasteiger partial charge in [-0.05, 0) is 42.3 Å². The molecule has 1 aliphatic carbocycles. The van der Waals surface area contributed by atoms with E-state index in [1.165, 1.54) is 42.5 Å². The molecule has 0 fully saturated rings. The zero-order valence-electron chi connectivity index (χ0n) is 19.4. The first kappa shape index (κ1) is 25.5. The monoisotopic (exact) mass is 527 g/mol. The van der Waals surface area contributed by atoms with Crippen LogP contribution in [0.4, 0.5) is 0 Å². The van der Waals surface area contributed by atoms with Crippen LogP contribution in [0.15, 0.2) is 51.7 Å². The molecule has 2 aromatic carbocycles. The highest BCUT2D eigenvalue weighted by Crippen LogP contribution is 2.44. The van der Waals surface area contributed by atoms with Gasteiger partial charge in [0.2, 0.25) is 5.43 Å². The molecule has 2 aliphatic rings. The first-order valence-corrected chi connectivity index (χ1v) is 12.2. The predicted octanol–water partition coefficient (Wildman–Crippen LogP) is 6.59. The number of halogens is 2. The lowest BCUT2D eigenvalue weighted by atomic mass is 9.89. The Balaban J connectivity index is 1.95. The fourth-order valence-electron chi connectivity index (χ4n) is 4.13. The Labute approximate surface area is 216 Å². The smallest absolute Gasteiger partial charge is 0.336 e. The molecule has 7 nitrogen and oxygen atoms in total. The molecule has 0 atom stereocenters. The minimum absolute atomic E-state index is 0.0164. The number of carboxylic acids is 1. The quantitative estimate of drug-likeness (QED) is 0.176. The Bertz CT molecular complexity index is 1510. The van der Waals surface area contributed by atoms with Crippen LogP contribution in [0.25, 0.3) is 33.4 Å². The predicted molar refractivity (Wildman–Crippen MR) is 140 cm³/mol. The lowest BCUT2D eigenvalue weighted by Gasteiger charge is -2.18. The first-order chi connectivity index (χ1) is 17.2. The lowest BCUT2D eigenvalue weighted by Crippen LogP contribution is -2.24. The normalized spacial score (nSPS) is 11.2. The number of rotatable bonds is 8. The van der Waals surface area contributed by atoms with Gasteiger partial charge in [-0.15, -0.1) is 0 Å². The van der Waals surface area contributed by atoms with E-state index in [0.717, 1.165) is 25.7 Å². The highest BCUT2D eigenvalue weighted by Gasteiger charge is 2.24. The van der Waals surface area contributed by atoms with E-state index in [9.17, 15) is 24.6 Å². The molecule has 1 amide bonds. The molecule has 0 saturated carbocycles. The summed E-state index contributed by atoms with van der Waals surface area (Å²) in [5.41, 5.74) is 0.801. The Morgan fingerprint density at radius 3 is 2.47 bits per heavy atom. The second-order valence-corrected chi connectivity index (χ2v) is 9.25. The molecule has 9 heteroatoms. The van der Waals surface area contributed by atoms with E-state index in [2.05, 4.69) is 12.2 Å². The number of aromatic carboxylic acids is 1. The molecule has 1 heterocycles. The number of carbonyl (C=O) groups excluding carboxylic acids is 1. The molecule has 2 aromatic rings. The summed E-state index contributed by atoms with van der Waals surface area (Å²) in [6.45, 7) is 2.61. The van der Waals surface area contributed by atoms with Crippen molar-refractivity contribution in [2.24, 2.45) is 0 Å². The summed E-state index contributed by atoms with van der Waals surface area (Å²) in [7, 11) is 0. The number of unbranched alkanes of at least 4 members (excludes halogenated alkanes) is 3. The van der Waals surface area contributed by atoms with Crippen molar-refractivity contribution < 1.29 is 24.2 Å². The molecule has 0 radical (unpaired) electrons. The Hall–Kier alpha value is -3.55. The molecular weight excluding hydrogens is 505 g/mol. The van der Waals surface area contributed by atoms with Gasteiger partial charge in [0.15, 0.2) is 0 Å². The largest absolute Gasteiger partial charge is 0.506 e. The summed E-state index contributed by atoms with van der Waals surface area (Å²) in [5.74, 6) is -1.66. The van der Waals surface area contributed by atoms with Gasteiger partial charge in [-0.1, -0.05) is 49.4 Å². The van der Waals surface area contributed by atoms with Gasteiger partial charge >= 0.3 is 5.97 Å². The maximum absolute atomic E-state index is 12.9. The average Bonchev–Trinajstić information content (AvgIpc) is 2.84. The van der Waals surface area contributed by atoms with Crippen LogP contribution >= 0.6 is 23.2 Å². The van der Waals surface area contributed by atoms with Crippen molar-refractivity contribution >= 4 is 46.0 Å². The fraction of sp³-hybridized carbons (Fsp3) is 0.222. The number of hydrogen-bond acceptors (Lipinski definition) is 5. The molecule has 0 aromatic heterocycles. The first-order valence-electron chi connectivity index (χ1n) is 11.5. The third kappa shape index (κ3) is 5.03. The van der Waals surface area contributed by atoms with Crippen LogP contribution in [0.1, 0.15) is 53.3 Å². The van der Waals surface area contributed by atoms with E-state index in [0.29, 0.717) is 23.1 Å². The maximum atomic E-state index is 12.9. The van der Waals surface area contributed by atoms with Gasteiger partial charge in [0, 0.05) is 40.8 Å². The number of carbonyl (C=O) groups is 2. The Kier molecular flexibility index (Phi) is 7.52. The molecule has 4 rings (SSSR count). The summed E-state index contributed by atoms with van der Waals surface area (Å²) in [4.78, 5) is 37.3. The van der Waals surface area contributed by atoms with Crippen LogP contribution < -0.4 is 10.7 Å². The van der Waals surface area contributed by atoms with Crippen LogP contribution in [-0.2, 0) is 0 Å². The van der Waals surface area contributed by atoms with Crippen molar-refractivity contribution in [2.75, 3.05) is 6.54 Å². The number of aromatic hydroxyl groups is 1. The number of phenols is 1. The maximum Gasteiger partial charge on any atom is 0.336 e. The minimum Gasteiger partial charge on any atom is -0.506 e. The van der Waals surface area contributed by atoms with E-state index < -0.39 is 11.4 Å². The molecule has 0 unspecified atom stereocenters. The topological polar surface area (TPSA) is 117 Å². The van der Waals surface area contributed by atoms with Crippen molar-refractivity contribution in [1.82, 2.24) is 5.32 Å². The van der Waals surface area contributed by atoms with Gasteiger partial charge in [0.25, 0.3) is 5.91 Å². The average molecular weight is 528 g/mol. The van der Waals surface area contributed by atoms with Crippen molar-refractivity contribution in [3.63, 3.8) is 0 Å². The third-order valence-corrected chi connectivity index (χ3v) is 6.54. The second-order valence-electron chi connectivity index (χ2n) is 8.44. The minimum atomic E-state index is -1.21. The van der Waals surface area contributed by atoms with Crippen molar-refractivity contribution in [1.29, 1.82) is 0 Å². The van der Waals surface area contributed by atoms with Gasteiger partial charge < -0.3 is 19.9 Å². The number of carboxylic acid groups (broad SMARTS) is 1. The fourth-order valence-corrected chi connectivity index (χ4v) is 4.45. The van der Waals surface area contributed by atoms with Gasteiger partial charge in [-0.3, -0.25) is 9.59 Å². The zero-order valence-corrected chi connectivity index (χ0v) is 20.9. The number of phenolic OH excluding ortho intramolecular Hbond substituents is 1. The molecule has 186 valence electrons. The molecule has 3 N–H and O–H groups in total. The zero-order chi connectivity index (χ0) is 26.0. The summed E-state index contributed by atoms with van der Waals surface area (Å²) >= 11 is 12.3. The molecule has 0 saturated heterocycles. The summed E-state index contributed by atoms with van der Waals surface area (Å²) in [6, 6.07) is 9.61. The number of nitrogens with one attached hydrogen (secondary N) is 1. The van der Waals surface area contributed by atoms with Crippen molar-refractivity contribution in [3.8, 4) is 28.2 Å². The third-order valence-electron chi connectivity index (χ3n) is 5.94. The highest BCUT2D eigenvalue weighted by atomic mass is 35.5. The van der Waals surface area contributed by atoms with Crippen LogP contribution in [0.5, 0.6) is 5.75 Å². The van der Waals surface area contributed by atoms with Gasteiger partial charge in [0.1, 0.15) is 17.1 Å². The number of fused-ring (bicyclic) bond motifs is 2. The Morgan fingerprint density at radius 1 is 0.972 bits per heavy atom. The molecular formula is C27H23Cl2NO6. The SMILES string of the molecule is CCCCCCNC(=O)c1ccc(C(=O)O)c(-c2c3cc(Cl)c(=O)cc-3oc3cc(O)c(Cl)cc23)c1. The van der Waals surface area contributed by atoms with Crippen molar-refractivity contribution in [3.05, 3.63) is 73.9 Å². The second kappa shape index (κ2) is 10.6. The van der Waals surface area contributed by atoms with Crippen LogP contribution in [-0.4, -0.2) is 28.6 Å². The molecule has 36 heavy (non-hydrogen) atoms. The number of hydrogen-bond donors (Lipinski definition) is 3. The molecule has 1 aliphatic heterocycles. The van der Waals surface area contributed by atoms with Crippen LogP contribution in [0.3, 0.4) is 0 Å². The lowest BCUT2D eigenvalue weighted by molar-refractivity contribution is 0.0697. The van der Waals surface area contributed by atoms with Crippen LogP contribution in [0.2, 0.25) is 10.0 Å². The van der Waals surface area contributed by atoms with E-state index in [1.54, 1.807) is 0 Å². The summed E-state index contributed by atoms with van der Waals surface area (Å²) in [6.07, 6.45) is 4.01. The van der Waals surface area contributed by atoms with E-state index >= 15 is 0 Å². The number of amides is 1. The van der Waals surface area contributed by atoms with E-state index in [1.807, 2.05) is 0 Å². The number of benzene rings is 3. The van der Waals surface area contributed by atoms with Crippen molar-refractivity contribution in [2.45, 2.75) is 32.6 Å². The van der Waals surface area contributed by atoms with E-state index in [4.69, 9.17) is 27.6 Å². The Morgan fingerprint density at radius 2 is 1.75 bits per heavy atom. The molecule has 0 bridgehead atoms. The van der Waals surface area contributed by atoms with Gasteiger partial charge in [-0.2, -0.15) is 0 Å². The standard InChI is InChI=1S/C27H23Cl2NO6/c1-2-3-4-5-8-30-26(33)14-6-7-15(27(34)35)16(9-14)25-17-10-19(28)21(31)12-23(17)36-24-13-22(32)20(29)11-18(24)25/h6-7,9-13,31H,2-5,8H2,1H3,(H,30,33)(H,34,35). The van der Waals surface area contributed by atoms with E-state index in [-0.39, 0.29) is 49.7 Å². The highest BCUT2D eigenvalue weighted by molar-refractivity contribution is 6.33. The summed E-state index contributed by atoms with van der Waals surface area (Å²) in [5, 5.41) is 23.3. The summed E-state index contributed by atoms with van der Waals surface area (Å²) < 4.78 is 5.84.